The molecule has 0 amide bonds. The fourth-order valence-corrected chi connectivity index (χ4v) is 2.36. The van der Waals surface area contributed by atoms with E-state index in [2.05, 4.69) is 0 Å². The average Bonchev–Trinajstić information content (AvgIpc) is 2.31. The lowest BCUT2D eigenvalue weighted by molar-refractivity contribution is -0.0777. The normalized spacial score (nSPS) is 19.1. The van der Waals surface area contributed by atoms with E-state index in [1.54, 1.807) is 18.2 Å². The predicted octanol–water partition coefficient (Wildman–Crippen LogP) is 4.36. The lowest BCUT2D eigenvalue weighted by Gasteiger charge is -2.30. The van der Waals surface area contributed by atoms with Gasteiger partial charge < -0.3 is 0 Å². The van der Waals surface area contributed by atoms with Crippen molar-refractivity contribution in [3.8, 4) is 0 Å². The maximum atomic E-state index is 14.0. The molecule has 1 aromatic rings. The van der Waals surface area contributed by atoms with E-state index in [0.717, 1.165) is 19.3 Å². The average molecular weight is 210 g/mol. The van der Waals surface area contributed by atoms with Crippen LogP contribution in [0.25, 0.3) is 0 Å². The molecule has 15 heavy (non-hydrogen) atoms. The Hall–Kier alpha value is -0.920. The van der Waals surface area contributed by atoms with Crippen molar-refractivity contribution in [1.82, 2.24) is 0 Å². The minimum absolute atomic E-state index is 0.178. The van der Waals surface area contributed by atoms with Gasteiger partial charge in [0, 0.05) is 11.5 Å². The number of benzene rings is 1. The molecule has 0 heterocycles. The van der Waals surface area contributed by atoms with E-state index in [4.69, 9.17) is 0 Å². The first-order valence-electron chi connectivity index (χ1n) is 5.64. The van der Waals surface area contributed by atoms with Gasteiger partial charge in [-0.25, -0.2) is 8.78 Å². The first-order chi connectivity index (χ1) is 7.21. The van der Waals surface area contributed by atoms with E-state index in [9.17, 15) is 8.78 Å². The van der Waals surface area contributed by atoms with Gasteiger partial charge in [-0.2, -0.15) is 0 Å². The van der Waals surface area contributed by atoms with Crippen molar-refractivity contribution in [3.63, 3.8) is 0 Å². The van der Waals surface area contributed by atoms with E-state index in [-0.39, 0.29) is 5.56 Å². The summed E-state index contributed by atoms with van der Waals surface area (Å²) in [5, 5.41) is 0. The summed E-state index contributed by atoms with van der Waals surface area (Å²) in [5.41, 5.74) is 0.178. The highest BCUT2D eigenvalue weighted by Crippen LogP contribution is 2.43. The Balaban J connectivity index is 2.18. The van der Waals surface area contributed by atoms with E-state index in [1.807, 2.05) is 0 Å². The zero-order chi connectivity index (χ0) is 10.7. The van der Waals surface area contributed by atoms with Gasteiger partial charge in [0.05, 0.1) is 0 Å². The molecular formula is C13H16F2. The van der Waals surface area contributed by atoms with E-state index in [1.165, 1.54) is 12.1 Å². The van der Waals surface area contributed by atoms with Crippen molar-refractivity contribution >= 4 is 0 Å². The molecular weight excluding hydrogens is 194 g/mol. The minimum atomic E-state index is -2.64. The van der Waals surface area contributed by atoms with Crippen molar-refractivity contribution in [2.45, 2.75) is 38.0 Å². The Labute approximate surface area is 89.3 Å². The van der Waals surface area contributed by atoms with Crippen LogP contribution >= 0.6 is 0 Å². The minimum Gasteiger partial charge on any atom is -0.201 e. The number of hydrogen-bond acceptors (Lipinski definition) is 0. The summed E-state index contributed by atoms with van der Waals surface area (Å²) in [6, 6.07) is 8.22. The van der Waals surface area contributed by atoms with Crippen LogP contribution in [-0.4, -0.2) is 0 Å². The fraction of sp³-hybridized carbons (Fsp3) is 0.538. The van der Waals surface area contributed by atoms with Crippen LogP contribution in [0.1, 0.15) is 37.7 Å². The second-order valence-electron chi connectivity index (χ2n) is 4.32. The molecule has 0 atom stereocenters. The largest absolute Gasteiger partial charge is 0.276 e. The second-order valence-corrected chi connectivity index (χ2v) is 4.32. The van der Waals surface area contributed by atoms with Crippen LogP contribution in [0.3, 0.4) is 0 Å². The fourth-order valence-electron chi connectivity index (χ4n) is 2.36. The van der Waals surface area contributed by atoms with Crippen molar-refractivity contribution in [1.29, 1.82) is 0 Å². The Morgan fingerprint density at radius 1 is 0.933 bits per heavy atom. The molecule has 1 aliphatic rings. The molecule has 1 aliphatic carbocycles. The van der Waals surface area contributed by atoms with Crippen molar-refractivity contribution in [3.05, 3.63) is 35.9 Å². The number of hydrogen-bond donors (Lipinski definition) is 0. The van der Waals surface area contributed by atoms with Gasteiger partial charge in [0.25, 0.3) is 5.92 Å². The topological polar surface area (TPSA) is 0 Å². The Morgan fingerprint density at radius 3 is 2.13 bits per heavy atom. The Bertz CT molecular complexity index is 300. The van der Waals surface area contributed by atoms with Crippen LogP contribution in [0.15, 0.2) is 30.3 Å². The summed E-state index contributed by atoms with van der Waals surface area (Å²) in [7, 11) is 0. The molecule has 82 valence electrons. The molecule has 2 rings (SSSR count). The van der Waals surface area contributed by atoms with Crippen LogP contribution in [0.4, 0.5) is 8.78 Å². The molecule has 0 aromatic heterocycles. The first-order valence-corrected chi connectivity index (χ1v) is 5.64. The predicted molar refractivity (Wildman–Crippen MR) is 56.9 cm³/mol. The summed E-state index contributed by atoms with van der Waals surface area (Å²) < 4.78 is 28.1. The van der Waals surface area contributed by atoms with Gasteiger partial charge in [0.2, 0.25) is 0 Å². The van der Waals surface area contributed by atoms with Gasteiger partial charge in [-0.05, 0) is 12.8 Å². The summed E-state index contributed by atoms with van der Waals surface area (Å²) in [6.07, 6.45) is 4.35. The number of rotatable bonds is 2. The van der Waals surface area contributed by atoms with Gasteiger partial charge in [0.1, 0.15) is 0 Å². The molecule has 0 radical (unpaired) electrons. The summed E-state index contributed by atoms with van der Waals surface area (Å²) in [4.78, 5) is 0. The number of halogens is 2. The first kappa shape index (κ1) is 10.6. The molecule has 1 fully saturated rings. The lowest BCUT2D eigenvalue weighted by Crippen LogP contribution is -2.27. The molecule has 0 unspecified atom stereocenters. The van der Waals surface area contributed by atoms with Crippen LogP contribution in [0.5, 0.6) is 0 Å². The van der Waals surface area contributed by atoms with Gasteiger partial charge in [-0.3, -0.25) is 0 Å². The summed E-state index contributed by atoms with van der Waals surface area (Å²) >= 11 is 0. The molecule has 0 spiro atoms. The third-order valence-electron chi connectivity index (χ3n) is 3.28. The zero-order valence-corrected chi connectivity index (χ0v) is 8.76. The molecule has 0 bridgehead atoms. The second kappa shape index (κ2) is 4.30. The summed E-state index contributed by atoms with van der Waals surface area (Å²) in [5.74, 6) is -3.09. The molecule has 1 aromatic carbocycles. The van der Waals surface area contributed by atoms with Crippen molar-refractivity contribution in [2.75, 3.05) is 0 Å². The highest BCUT2D eigenvalue weighted by atomic mass is 19.3. The monoisotopic (exact) mass is 210 g/mol. The van der Waals surface area contributed by atoms with Gasteiger partial charge in [-0.1, -0.05) is 49.6 Å². The highest BCUT2D eigenvalue weighted by molar-refractivity contribution is 5.20. The standard InChI is InChI=1S/C13H16F2/c14-13(15,11-7-3-1-4-8-11)12-9-5-2-6-10-12/h1,3-4,7-8,12H,2,5-6,9-10H2. The van der Waals surface area contributed by atoms with E-state index >= 15 is 0 Å². The van der Waals surface area contributed by atoms with Gasteiger partial charge in [-0.15, -0.1) is 0 Å². The molecule has 1 saturated carbocycles. The third-order valence-corrected chi connectivity index (χ3v) is 3.28. The zero-order valence-electron chi connectivity index (χ0n) is 8.76. The van der Waals surface area contributed by atoms with E-state index in [0.29, 0.717) is 12.8 Å². The lowest BCUT2D eigenvalue weighted by atomic mass is 9.82. The molecule has 0 saturated heterocycles. The van der Waals surface area contributed by atoms with Crippen LogP contribution < -0.4 is 0 Å². The molecule has 0 aliphatic heterocycles. The van der Waals surface area contributed by atoms with Crippen LogP contribution in [0.2, 0.25) is 0 Å². The smallest absolute Gasteiger partial charge is 0.201 e. The quantitative estimate of drug-likeness (QED) is 0.680. The maximum absolute atomic E-state index is 14.0. The van der Waals surface area contributed by atoms with Gasteiger partial charge in [0.15, 0.2) is 0 Å². The Kier molecular flexibility index (Phi) is 3.03. The maximum Gasteiger partial charge on any atom is 0.276 e. The van der Waals surface area contributed by atoms with Gasteiger partial charge >= 0.3 is 0 Å². The number of alkyl halides is 2. The third kappa shape index (κ3) is 2.19. The van der Waals surface area contributed by atoms with Crippen LogP contribution in [-0.2, 0) is 5.92 Å². The molecule has 0 nitrogen and oxygen atoms in total. The molecule has 2 heteroatoms. The summed E-state index contributed by atoms with van der Waals surface area (Å²) in [6.45, 7) is 0. The molecule has 0 N–H and O–H groups in total. The van der Waals surface area contributed by atoms with Crippen molar-refractivity contribution < 1.29 is 8.78 Å². The Morgan fingerprint density at radius 2 is 1.53 bits per heavy atom. The highest BCUT2D eigenvalue weighted by Gasteiger charge is 2.41. The SMILES string of the molecule is FC(F)(c1ccccc1)C1CCCCC1. The van der Waals surface area contributed by atoms with Crippen molar-refractivity contribution in [2.24, 2.45) is 5.92 Å². The van der Waals surface area contributed by atoms with Crippen LogP contribution in [0, 0.1) is 5.92 Å². The van der Waals surface area contributed by atoms with E-state index < -0.39 is 11.8 Å².